The number of hydrogen-bond acceptors (Lipinski definition) is 5. The lowest BCUT2D eigenvalue weighted by molar-refractivity contribution is -0.137. The van der Waals surface area contributed by atoms with Gasteiger partial charge in [-0.25, -0.2) is 0 Å². The Morgan fingerprint density at radius 2 is 1.65 bits per heavy atom. The van der Waals surface area contributed by atoms with E-state index in [4.69, 9.17) is 28.5 Å². The molecule has 14 heteroatoms. The lowest BCUT2D eigenvalue weighted by atomic mass is 10.2. The average Bonchev–Trinajstić information content (AvgIpc) is 2.74. The minimum Gasteiger partial charge on any atom is -0.492 e. The van der Waals surface area contributed by atoms with Crippen molar-refractivity contribution in [1.82, 2.24) is 9.78 Å². The Labute approximate surface area is 159 Å². The molecule has 0 radical (unpaired) electrons. The van der Waals surface area contributed by atoms with Crippen LogP contribution in [-0.4, -0.2) is 20.4 Å². The second-order valence-electron chi connectivity index (χ2n) is 4.40. The Morgan fingerprint density at radius 1 is 1.12 bits per heavy atom. The van der Waals surface area contributed by atoms with Gasteiger partial charge < -0.3 is 5.11 Å². The zero-order valence-electron chi connectivity index (χ0n) is 11.8. The van der Waals surface area contributed by atoms with Crippen LogP contribution in [0.1, 0.15) is 5.56 Å². The molecule has 1 N–H and O–H groups in total. The molecule has 1 aromatic carbocycles. The second kappa shape index (κ2) is 7.30. The standard InChI is InChI=1S/C12H3Cl2F6N3OS2/c13-5-1-4(11(15,16)17)2-6(14)7(5)23-10(24)8(26-12(18,19)20)9(22-23)25-3-21/h1-2,24H. The van der Waals surface area contributed by atoms with Gasteiger partial charge in [-0.1, -0.05) is 23.2 Å². The Morgan fingerprint density at radius 3 is 2.08 bits per heavy atom. The summed E-state index contributed by atoms with van der Waals surface area (Å²) >= 11 is 11.0. The van der Waals surface area contributed by atoms with Crippen molar-refractivity contribution < 1.29 is 31.4 Å². The maximum absolute atomic E-state index is 12.8. The minimum absolute atomic E-state index is 0.218. The highest BCUT2D eigenvalue weighted by Gasteiger charge is 2.36. The fourth-order valence-corrected chi connectivity index (χ4v) is 3.61. The smallest absolute Gasteiger partial charge is 0.446 e. The summed E-state index contributed by atoms with van der Waals surface area (Å²) < 4.78 is 76.6. The molecule has 0 fully saturated rings. The molecule has 0 aliphatic carbocycles. The molecule has 0 bridgehead atoms. The van der Waals surface area contributed by atoms with Crippen molar-refractivity contribution in [3.05, 3.63) is 27.7 Å². The van der Waals surface area contributed by atoms with Gasteiger partial charge in [-0.05, 0) is 23.9 Å². The number of rotatable bonds is 3. The Hall–Kier alpha value is -1.42. The number of alkyl halides is 6. The fraction of sp³-hybridized carbons (Fsp3) is 0.167. The van der Waals surface area contributed by atoms with Crippen LogP contribution < -0.4 is 0 Å². The zero-order valence-corrected chi connectivity index (χ0v) is 14.9. The van der Waals surface area contributed by atoms with Gasteiger partial charge in [0.1, 0.15) is 16.0 Å². The lowest BCUT2D eigenvalue weighted by Gasteiger charge is -2.13. The highest BCUT2D eigenvalue weighted by atomic mass is 35.5. The second-order valence-corrected chi connectivity index (χ2v) is 7.06. The lowest BCUT2D eigenvalue weighted by Crippen LogP contribution is -2.07. The van der Waals surface area contributed by atoms with E-state index in [-0.39, 0.29) is 11.8 Å². The van der Waals surface area contributed by atoms with Crippen LogP contribution in [0, 0.1) is 10.7 Å². The van der Waals surface area contributed by atoms with E-state index in [1.54, 1.807) is 0 Å². The van der Waals surface area contributed by atoms with E-state index in [0.29, 0.717) is 16.8 Å². The molecular weight excluding hydrogens is 451 g/mol. The third-order valence-electron chi connectivity index (χ3n) is 2.70. The maximum Gasteiger partial charge on any atom is 0.446 e. The summed E-state index contributed by atoms with van der Waals surface area (Å²) in [6.07, 6.45) is -4.77. The number of nitriles is 1. The van der Waals surface area contributed by atoms with Crippen LogP contribution in [-0.2, 0) is 6.18 Å². The Kier molecular flexibility index (Phi) is 5.86. The normalized spacial score (nSPS) is 12.3. The van der Waals surface area contributed by atoms with Crippen LogP contribution in [0.4, 0.5) is 26.3 Å². The van der Waals surface area contributed by atoms with Gasteiger partial charge in [0.2, 0.25) is 5.88 Å². The fourth-order valence-electron chi connectivity index (χ4n) is 1.78. The first-order valence-corrected chi connectivity index (χ1v) is 8.44. The van der Waals surface area contributed by atoms with Crippen LogP contribution in [0.15, 0.2) is 22.1 Å². The number of halogens is 8. The summed E-state index contributed by atoms with van der Waals surface area (Å²) in [4.78, 5) is -0.809. The van der Waals surface area contributed by atoms with Gasteiger partial charge in [-0.15, -0.1) is 0 Å². The predicted molar refractivity (Wildman–Crippen MR) is 83.6 cm³/mol. The topological polar surface area (TPSA) is 61.8 Å². The van der Waals surface area contributed by atoms with Gasteiger partial charge in [-0.2, -0.15) is 41.4 Å². The van der Waals surface area contributed by atoms with Gasteiger partial charge in [0.05, 0.1) is 15.6 Å². The predicted octanol–water partition coefficient (Wildman–Crippen LogP) is 6.09. The van der Waals surface area contributed by atoms with Gasteiger partial charge >= 0.3 is 11.7 Å². The first kappa shape index (κ1) is 20.9. The Balaban J connectivity index is 2.66. The number of benzene rings is 1. The first-order valence-electron chi connectivity index (χ1n) is 6.05. The third kappa shape index (κ3) is 4.46. The minimum atomic E-state index is -4.82. The van der Waals surface area contributed by atoms with Crippen molar-refractivity contribution in [2.75, 3.05) is 0 Å². The molecule has 140 valence electrons. The molecule has 0 aliphatic rings. The van der Waals surface area contributed by atoms with Crippen molar-refractivity contribution in [3.8, 4) is 17.0 Å². The van der Waals surface area contributed by atoms with E-state index in [1.807, 2.05) is 0 Å². The van der Waals surface area contributed by atoms with Crippen molar-refractivity contribution in [2.24, 2.45) is 0 Å². The summed E-state index contributed by atoms with van der Waals surface area (Å²) in [6, 6.07) is 0.967. The van der Waals surface area contributed by atoms with Gasteiger partial charge in [-0.3, -0.25) is 0 Å². The number of aromatic hydroxyl groups is 1. The molecule has 1 heterocycles. The van der Waals surface area contributed by atoms with Gasteiger partial charge in [0.15, 0.2) is 5.03 Å². The number of nitrogens with zero attached hydrogens (tertiary/aromatic N) is 3. The molecule has 0 spiro atoms. The quantitative estimate of drug-likeness (QED) is 0.346. The highest BCUT2D eigenvalue weighted by molar-refractivity contribution is 8.05. The molecule has 2 rings (SSSR count). The van der Waals surface area contributed by atoms with Crippen LogP contribution in [0.3, 0.4) is 0 Å². The van der Waals surface area contributed by atoms with Crippen molar-refractivity contribution in [3.63, 3.8) is 0 Å². The van der Waals surface area contributed by atoms with E-state index in [9.17, 15) is 31.4 Å². The summed E-state index contributed by atoms with van der Waals surface area (Å²) in [6.45, 7) is 0. The Bertz CT molecular complexity index is 868. The maximum atomic E-state index is 12.8. The number of thiocyanates is 1. The van der Waals surface area contributed by atoms with Gasteiger partial charge in [0.25, 0.3) is 0 Å². The van der Waals surface area contributed by atoms with Crippen molar-refractivity contribution in [2.45, 2.75) is 21.6 Å². The van der Waals surface area contributed by atoms with E-state index in [0.717, 1.165) is 0 Å². The van der Waals surface area contributed by atoms with Crippen LogP contribution in [0.2, 0.25) is 10.0 Å². The number of hydrogen-bond donors (Lipinski definition) is 1. The molecule has 0 aliphatic heterocycles. The van der Waals surface area contributed by atoms with E-state index in [1.165, 1.54) is 5.40 Å². The number of thioether (sulfide) groups is 2. The third-order valence-corrected chi connectivity index (χ3v) is 4.79. The van der Waals surface area contributed by atoms with Crippen LogP contribution in [0.25, 0.3) is 5.69 Å². The van der Waals surface area contributed by atoms with Gasteiger partial charge in [0, 0.05) is 11.8 Å². The first-order chi connectivity index (χ1) is 11.8. The zero-order chi connectivity index (χ0) is 19.9. The molecule has 4 nitrogen and oxygen atoms in total. The molecule has 0 atom stereocenters. The molecule has 2 aromatic rings. The molecule has 0 saturated carbocycles. The SMILES string of the molecule is N#CSc1nn(-c2c(Cl)cc(C(F)(F)F)cc2Cl)c(O)c1SC(F)(F)F. The molecule has 0 unspecified atom stereocenters. The summed E-state index contributed by atoms with van der Waals surface area (Å²) in [5, 5.41) is 22.1. The van der Waals surface area contributed by atoms with Crippen LogP contribution in [0.5, 0.6) is 5.88 Å². The number of aromatic nitrogens is 2. The van der Waals surface area contributed by atoms with Crippen molar-refractivity contribution >= 4 is 46.7 Å². The van der Waals surface area contributed by atoms with E-state index >= 15 is 0 Å². The molecule has 0 saturated heterocycles. The average molecular weight is 454 g/mol. The van der Waals surface area contributed by atoms with Crippen molar-refractivity contribution in [1.29, 1.82) is 5.26 Å². The van der Waals surface area contributed by atoms with E-state index in [2.05, 4.69) is 5.10 Å². The van der Waals surface area contributed by atoms with E-state index < -0.39 is 60.5 Å². The largest absolute Gasteiger partial charge is 0.492 e. The highest BCUT2D eigenvalue weighted by Crippen LogP contribution is 2.47. The summed E-state index contributed by atoms with van der Waals surface area (Å²) in [5.74, 6) is -1.08. The van der Waals surface area contributed by atoms with Crippen LogP contribution >= 0.6 is 46.7 Å². The summed E-state index contributed by atoms with van der Waals surface area (Å²) in [7, 11) is 0. The molecule has 0 amide bonds. The molecular formula is C12H3Cl2F6N3OS2. The molecule has 26 heavy (non-hydrogen) atoms. The summed E-state index contributed by atoms with van der Waals surface area (Å²) in [5.41, 5.74) is -6.48. The molecule has 1 aromatic heterocycles. The monoisotopic (exact) mass is 453 g/mol.